The van der Waals surface area contributed by atoms with Crippen LogP contribution in [0.15, 0.2) is 24.3 Å². The molecule has 1 rings (SSSR count). The van der Waals surface area contributed by atoms with Gasteiger partial charge in [0.2, 0.25) is 0 Å². The van der Waals surface area contributed by atoms with Gasteiger partial charge in [-0.25, -0.2) is 4.79 Å². The van der Waals surface area contributed by atoms with Gasteiger partial charge in [0.25, 0.3) is 0 Å². The molecule has 0 saturated heterocycles. The quantitative estimate of drug-likeness (QED) is 0.361. The molecule has 23 heavy (non-hydrogen) atoms. The van der Waals surface area contributed by atoms with Crippen LogP contribution in [0.1, 0.15) is 79.2 Å². The summed E-state index contributed by atoms with van der Waals surface area (Å²) >= 11 is 0. The van der Waals surface area contributed by atoms with Gasteiger partial charge in [0.05, 0.1) is 6.42 Å². The zero-order chi connectivity index (χ0) is 17.5. The molecule has 1 aromatic carbocycles. The van der Waals surface area contributed by atoms with E-state index in [2.05, 4.69) is 41.5 Å². The van der Waals surface area contributed by atoms with Crippen LogP contribution < -0.4 is 4.89 Å². The lowest BCUT2D eigenvalue weighted by atomic mass is 9.86. The van der Waals surface area contributed by atoms with E-state index in [1.807, 2.05) is 24.3 Å². The molecule has 0 spiro atoms. The fourth-order valence-electron chi connectivity index (χ4n) is 2.39. The van der Waals surface area contributed by atoms with Crippen LogP contribution in [0.4, 0.5) is 0 Å². The third kappa shape index (κ3) is 8.06. The standard InChI is InChI=1S/C20H32O3/c1-19(2,3)15-11-7-8-14-18(21)23-22-17-13-10-9-12-16(17)20(4,5)6/h9-10,12-13H,7-8,11,14-15H2,1-6H3. The summed E-state index contributed by atoms with van der Waals surface area (Å²) in [5.74, 6) is 0.311. The van der Waals surface area contributed by atoms with Gasteiger partial charge in [0, 0.05) is 5.56 Å². The van der Waals surface area contributed by atoms with Gasteiger partial charge in [-0.2, -0.15) is 0 Å². The lowest BCUT2D eigenvalue weighted by molar-refractivity contribution is -0.214. The van der Waals surface area contributed by atoms with Gasteiger partial charge in [-0.15, -0.1) is 0 Å². The van der Waals surface area contributed by atoms with Crippen LogP contribution in [0, 0.1) is 5.41 Å². The largest absolute Gasteiger partial charge is 0.355 e. The number of unbranched alkanes of at least 4 members (excludes halogenated alkanes) is 2. The van der Waals surface area contributed by atoms with E-state index < -0.39 is 0 Å². The molecule has 0 atom stereocenters. The molecule has 0 aromatic heterocycles. The highest BCUT2D eigenvalue weighted by Gasteiger charge is 2.20. The Morgan fingerprint density at radius 2 is 1.61 bits per heavy atom. The second-order valence-electron chi connectivity index (χ2n) is 8.41. The highest BCUT2D eigenvalue weighted by molar-refractivity contribution is 5.68. The van der Waals surface area contributed by atoms with Crippen molar-refractivity contribution >= 4 is 5.97 Å². The topological polar surface area (TPSA) is 35.5 Å². The van der Waals surface area contributed by atoms with Crippen molar-refractivity contribution in [2.24, 2.45) is 5.41 Å². The van der Waals surface area contributed by atoms with E-state index in [0.717, 1.165) is 24.8 Å². The van der Waals surface area contributed by atoms with Crippen LogP contribution in [-0.2, 0) is 15.1 Å². The van der Waals surface area contributed by atoms with Gasteiger partial charge < -0.3 is 0 Å². The van der Waals surface area contributed by atoms with Gasteiger partial charge in [0.15, 0.2) is 5.75 Å². The molecule has 0 fully saturated rings. The minimum absolute atomic E-state index is 0.0596. The second-order valence-corrected chi connectivity index (χ2v) is 8.41. The molecule has 0 heterocycles. The summed E-state index contributed by atoms with van der Waals surface area (Å²) in [4.78, 5) is 22.0. The third-order valence-corrected chi connectivity index (χ3v) is 3.73. The van der Waals surface area contributed by atoms with Gasteiger partial charge in [-0.3, -0.25) is 9.78 Å². The van der Waals surface area contributed by atoms with Crippen molar-refractivity contribution in [3.63, 3.8) is 0 Å². The van der Waals surface area contributed by atoms with E-state index in [9.17, 15) is 4.79 Å². The van der Waals surface area contributed by atoms with Crippen LogP contribution in [0.5, 0.6) is 5.75 Å². The Kier molecular flexibility index (Phi) is 7.11. The molecule has 130 valence electrons. The summed E-state index contributed by atoms with van der Waals surface area (Å²) in [7, 11) is 0. The van der Waals surface area contributed by atoms with E-state index in [0.29, 0.717) is 17.6 Å². The minimum atomic E-state index is -0.301. The van der Waals surface area contributed by atoms with E-state index in [4.69, 9.17) is 9.78 Å². The number of carbonyl (C=O) groups is 1. The predicted molar refractivity (Wildman–Crippen MR) is 94.4 cm³/mol. The monoisotopic (exact) mass is 320 g/mol. The van der Waals surface area contributed by atoms with E-state index in [1.54, 1.807) is 0 Å². The Hall–Kier alpha value is -1.51. The van der Waals surface area contributed by atoms with Gasteiger partial charge in [0.1, 0.15) is 0 Å². The summed E-state index contributed by atoms with van der Waals surface area (Å²) in [5, 5.41) is 0. The van der Waals surface area contributed by atoms with E-state index in [1.165, 1.54) is 6.42 Å². The number of para-hydroxylation sites is 1. The van der Waals surface area contributed by atoms with Crippen molar-refractivity contribution in [3.05, 3.63) is 29.8 Å². The molecular formula is C20H32O3. The van der Waals surface area contributed by atoms with E-state index in [-0.39, 0.29) is 11.4 Å². The maximum Gasteiger partial charge on any atom is 0.355 e. The Labute approximate surface area is 141 Å². The molecule has 0 aliphatic heterocycles. The normalized spacial score (nSPS) is 12.1. The lowest BCUT2D eigenvalue weighted by Crippen LogP contribution is -2.15. The molecule has 0 N–H and O–H groups in total. The first-order valence-corrected chi connectivity index (χ1v) is 8.56. The fraction of sp³-hybridized carbons (Fsp3) is 0.650. The Balaban J connectivity index is 2.35. The summed E-state index contributed by atoms with van der Waals surface area (Å²) in [5.41, 5.74) is 1.33. The molecule has 0 unspecified atom stereocenters. The first-order chi connectivity index (χ1) is 10.6. The van der Waals surface area contributed by atoms with Crippen molar-refractivity contribution in [2.75, 3.05) is 0 Å². The van der Waals surface area contributed by atoms with Crippen LogP contribution in [0.2, 0.25) is 0 Å². The maximum absolute atomic E-state index is 11.8. The van der Waals surface area contributed by atoms with Crippen molar-refractivity contribution in [3.8, 4) is 5.75 Å². The fourth-order valence-corrected chi connectivity index (χ4v) is 2.39. The number of hydrogen-bond acceptors (Lipinski definition) is 3. The Morgan fingerprint density at radius 3 is 2.22 bits per heavy atom. The molecule has 3 heteroatoms. The molecule has 0 aliphatic carbocycles. The molecular weight excluding hydrogens is 288 g/mol. The highest BCUT2D eigenvalue weighted by atomic mass is 17.2. The van der Waals surface area contributed by atoms with Crippen molar-refractivity contribution in [1.82, 2.24) is 0 Å². The zero-order valence-electron chi connectivity index (χ0n) is 15.6. The maximum atomic E-state index is 11.8. The minimum Gasteiger partial charge on any atom is -0.287 e. The smallest absolute Gasteiger partial charge is 0.287 e. The average Bonchev–Trinajstić information content (AvgIpc) is 2.43. The van der Waals surface area contributed by atoms with Crippen LogP contribution in [0.25, 0.3) is 0 Å². The first-order valence-electron chi connectivity index (χ1n) is 8.56. The SMILES string of the molecule is CC(C)(C)CCCCCC(=O)OOc1ccccc1C(C)(C)C. The lowest BCUT2D eigenvalue weighted by Gasteiger charge is -2.21. The summed E-state index contributed by atoms with van der Waals surface area (Å²) in [6.45, 7) is 13.0. The van der Waals surface area contributed by atoms with E-state index >= 15 is 0 Å². The highest BCUT2D eigenvalue weighted by Crippen LogP contribution is 2.31. The van der Waals surface area contributed by atoms with Crippen LogP contribution in [0.3, 0.4) is 0 Å². The number of rotatable bonds is 7. The van der Waals surface area contributed by atoms with Gasteiger partial charge in [-0.1, -0.05) is 72.6 Å². The van der Waals surface area contributed by atoms with Crippen LogP contribution >= 0.6 is 0 Å². The van der Waals surface area contributed by atoms with Crippen molar-refractivity contribution < 1.29 is 14.6 Å². The van der Waals surface area contributed by atoms with Gasteiger partial charge >= 0.3 is 5.97 Å². The Bertz CT molecular complexity index is 492. The molecule has 0 bridgehead atoms. The number of carbonyl (C=O) groups excluding carboxylic acids is 1. The third-order valence-electron chi connectivity index (χ3n) is 3.73. The summed E-state index contributed by atoms with van der Waals surface area (Å²) in [6, 6.07) is 7.67. The van der Waals surface area contributed by atoms with Crippen molar-refractivity contribution in [1.29, 1.82) is 0 Å². The first kappa shape index (κ1) is 19.5. The molecule has 0 radical (unpaired) electrons. The Morgan fingerprint density at radius 1 is 0.957 bits per heavy atom. The summed E-state index contributed by atoms with van der Waals surface area (Å²) in [6.07, 6.45) is 4.62. The zero-order valence-corrected chi connectivity index (χ0v) is 15.6. The number of hydrogen-bond donors (Lipinski definition) is 0. The van der Waals surface area contributed by atoms with Crippen LogP contribution in [-0.4, -0.2) is 5.97 Å². The predicted octanol–water partition coefficient (Wildman–Crippen LogP) is 5.82. The molecule has 0 saturated carbocycles. The van der Waals surface area contributed by atoms with Crippen molar-refractivity contribution in [2.45, 2.75) is 79.1 Å². The number of benzene rings is 1. The molecule has 1 aromatic rings. The molecule has 3 nitrogen and oxygen atoms in total. The second kappa shape index (κ2) is 8.37. The average molecular weight is 320 g/mol. The summed E-state index contributed by atoms with van der Waals surface area (Å²) < 4.78 is 0. The van der Waals surface area contributed by atoms with Gasteiger partial charge in [-0.05, 0) is 29.7 Å². The molecule has 0 aliphatic rings. The molecule has 0 amide bonds.